The molecule has 7 rings (SSSR count). The molecule has 1 unspecified atom stereocenters. The summed E-state index contributed by atoms with van der Waals surface area (Å²) < 4.78 is 20.4. The lowest BCUT2D eigenvalue weighted by molar-refractivity contribution is -0.252. The van der Waals surface area contributed by atoms with Crippen LogP contribution in [0.15, 0.2) is 109 Å². The largest absolute Gasteiger partial charge is 0.445 e. The molecule has 3 amide bonds. The summed E-state index contributed by atoms with van der Waals surface area (Å²) in [6, 6.07) is 30.6. The van der Waals surface area contributed by atoms with Crippen LogP contribution in [0.25, 0.3) is 11.0 Å². The number of amides is 3. The second-order valence-corrected chi connectivity index (χ2v) is 11.9. The third-order valence-corrected chi connectivity index (χ3v) is 8.59. The fourth-order valence-corrected chi connectivity index (χ4v) is 6.14. The van der Waals surface area contributed by atoms with E-state index in [1.807, 2.05) is 84.9 Å². The first-order chi connectivity index (χ1) is 23.4. The zero-order valence-electron chi connectivity index (χ0n) is 26.0. The van der Waals surface area contributed by atoms with Crippen molar-refractivity contribution in [3.05, 3.63) is 132 Å². The zero-order valence-corrected chi connectivity index (χ0v) is 26.0. The predicted molar refractivity (Wildman–Crippen MR) is 175 cm³/mol. The van der Waals surface area contributed by atoms with Crippen molar-refractivity contribution >= 4 is 34.6 Å². The summed E-state index contributed by atoms with van der Waals surface area (Å²) in [5, 5.41) is 12.1. The van der Waals surface area contributed by atoms with Gasteiger partial charge in [-0.2, -0.15) is 0 Å². The average molecular weight is 647 g/mol. The molecule has 3 heterocycles. The number of nitrogens with zero attached hydrogens (tertiary/aromatic N) is 3. The molecule has 4 aromatic carbocycles. The quantitative estimate of drug-likeness (QED) is 0.206. The molecule has 2 aliphatic rings. The van der Waals surface area contributed by atoms with Crippen molar-refractivity contribution in [1.29, 1.82) is 0 Å². The molecule has 244 valence electrons. The maximum atomic E-state index is 13.4. The first-order valence-corrected chi connectivity index (χ1v) is 15.8. The van der Waals surface area contributed by atoms with Crippen LogP contribution in [-0.4, -0.2) is 44.7 Å². The minimum Gasteiger partial charge on any atom is -0.445 e. The van der Waals surface area contributed by atoms with Gasteiger partial charge in [-0.05, 0) is 41.0 Å². The van der Waals surface area contributed by atoms with E-state index in [-0.39, 0.29) is 31.8 Å². The Morgan fingerprint density at radius 1 is 0.896 bits per heavy atom. The van der Waals surface area contributed by atoms with E-state index in [4.69, 9.17) is 14.2 Å². The number of imide groups is 1. The molecule has 0 spiro atoms. The Kier molecular flexibility index (Phi) is 8.97. The van der Waals surface area contributed by atoms with E-state index in [2.05, 4.69) is 14.9 Å². The molecule has 0 bridgehead atoms. The number of anilines is 1. The second-order valence-electron chi connectivity index (χ2n) is 11.9. The van der Waals surface area contributed by atoms with Crippen molar-refractivity contribution in [2.24, 2.45) is 0 Å². The Morgan fingerprint density at radius 2 is 1.69 bits per heavy atom. The van der Waals surface area contributed by atoms with Gasteiger partial charge in [0, 0.05) is 12.0 Å². The number of aliphatic hydroxyl groups is 1. The van der Waals surface area contributed by atoms with Gasteiger partial charge >= 0.3 is 6.09 Å². The van der Waals surface area contributed by atoms with E-state index < -0.39 is 30.2 Å². The summed E-state index contributed by atoms with van der Waals surface area (Å²) >= 11 is 0. The topological polar surface area (TPSA) is 132 Å². The maximum Gasteiger partial charge on any atom is 0.408 e. The van der Waals surface area contributed by atoms with Crippen LogP contribution in [0, 0.1) is 0 Å². The molecule has 2 fully saturated rings. The van der Waals surface area contributed by atoms with Crippen LogP contribution in [0.5, 0.6) is 0 Å². The SMILES string of the molecule is O=C(NC1CC(=O)N(c2cccc([C@H]3O[C@@H](Cn4cnc5ccccc54)C[C@@H](c4ccc(CO)cc4)O3)c2)C1=O)OCc1ccccc1. The molecule has 48 heavy (non-hydrogen) atoms. The van der Waals surface area contributed by atoms with Gasteiger partial charge < -0.3 is 29.2 Å². The lowest BCUT2D eigenvalue weighted by Crippen LogP contribution is -2.42. The van der Waals surface area contributed by atoms with E-state index in [1.165, 1.54) is 0 Å². The molecule has 4 atom stereocenters. The molecule has 11 heteroatoms. The highest BCUT2D eigenvalue weighted by atomic mass is 16.7. The molecule has 2 N–H and O–H groups in total. The van der Waals surface area contributed by atoms with Gasteiger partial charge in [-0.1, -0.05) is 78.9 Å². The van der Waals surface area contributed by atoms with Gasteiger partial charge in [0.05, 0.1) is 54.8 Å². The number of imidazole rings is 1. The minimum absolute atomic E-state index is 0.0410. The molecule has 1 aromatic heterocycles. The van der Waals surface area contributed by atoms with Crippen LogP contribution in [0.1, 0.15) is 47.5 Å². The summed E-state index contributed by atoms with van der Waals surface area (Å²) in [5.41, 5.74) is 5.41. The fraction of sp³-hybridized carbons (Fsp3) is 0.243. The van der Waals surface area contributed by atoms with Crippen LogP contribution in [0.2, 0.25) is 0 Å². The number of hydrogen-bond acceptors (Lipinski definition) is 8. The van der Waals surface area contributed by atoms with E-state index in [1.54, 1.807) is 24.5 Å². The number of carbonyl (C=O) groups is 3. The van der Waals surface area contributed by atoms with Crippen molar-refractivity contribution in [1.82, 2.24) is 14.9 Å². The highest BCUT2D eigenvalue weighted by molar-refractivity contribution is 6.22. The normalized spacial score (nSPS) is 21.1. The van der Waals surface area contributed by atoms with Gasteiger partial charge in [0.25, 0.3) is 5.91 Å². The number of alkyl carbamates (subject to hydrolysis) is 1. The minimum atomic E-state index is -1.05. The molecule has 0 aliphatic carbocycles. The number of fused-ring (bicyclic) bond motifs is 1. The highest BCUT2D eigenvalue weighted by Crippen LogP contribution is 2.39. The Hall–Kier alpha value is -5.36. The van der Waals surface area contributed by atoms with Gasteiger partial charge in [-0.15, -0.1) is 0 Å². The Bertz CT molecular complexity index is 1930. The van der Waals surface area contributed by atoms with E-state index in [0.29, 0.717) is 24.2 Å². The monoisotopic (exact) mass is 646 g/mol. The predicted octanol–water partition coefficient (Wildman–Crippen LogP) is 5.33. The van der Waals surface area contributed by atoms with Gasteiger partial charge in [0.2, 0.25) is 5.91 Å². The number of hydrogen-bond donors (Lipinski definition) is 2. The number of carbonyl (C=O) groups excluding carboxylic acids is 3. The van der Waals surface area contributed by atoms with E-state index in [0.717, 1.165) is 32.6 Å². The summed E-state index contributed by atoms with van der Waals surface area (Å²) in [5.74, 6) is -0.992. The average Bonchev–Trinajstić information content (AvgIpc) is 3.66. The van der Waals surface area contributed by atoms with E-state index in [9.17, 15) is 19.5 Å². The molecular weight excluding hydrogens is 612 g/mol. The molecule has 5 aromatic rings. The Balaban J connectivity index is 1.09. The zero-order chi connectivity index (χ0) is 33.0. The van der Waals surface area contributed by atoms with Crippen LogP contribution in [0.3, 0.4) is 0 Å². The smallest absolute Gasteiger partial charge is 0.408 e. The van der Waals surface area contributed by atoms with Crippen LogP contribution >= 0.6 is 0 Å². The number of para-hydroxylation sites is 2. The van der Waals surface area contributed by atoms with Gasteiger partial charge in [0.1, 0.15) is 12.6 Å². The van der Waals surface area contributed by atoms with Crippen molar-refractivity contribution in [3.63, 3.8) is 0 Å². The lowest BCUT2D eigenvalue weighted by Gasteiger charge is -2.36. The molecule has 0 radical (unpaired) electrons. The van der Waals surface area contributed by atoms with Crippen molar-refractivity contribution < 1.29 is 33.7 Å². The molecule has 2 aliphatic heterocycles. The summed E-state index contributed by atoms with van der Waals surface area (Å²) in [7, 11) is 0. The third-order valence-electron chi connectivity index (χ3n) is 8.59. The number of nitrogens with one attached hydrogen (secondary N) is 1. The first-order valence-electron chi connectivity index (χ1n) is 15.8. The first kappa shape index (κ1) is 31.3. The number of ether oxygens (including phenoxy) is 3. The Morgan fingerprint density at radius 3 is 2.50 bits per heavy atom. The van der Waals surface area contributed by atoms with Crippen LogP contribution in [-0.2, 0) is 43.6 Å². The lowest BCUT2D eigenvalue weighted by atomic mass is 10.00. The van der Waals surface area contributed by atoms with Crippen LogP contribution in [0.4, 0.5) is 10.5 Å². The molecule has 0 saturated carbocycles. The summed E-state index contributed by atoms with van der Waals surface area (Å²) in [4.78, 5) is 44.5. The van der Waals surface area contributed by atoms with E-state index >= 15 is 0 Å². The summed E-state index contributed by atoms with van der Waals surface area (Å²) in [6.07, 6.45) is 0.000132. The molecular formula is C37H34N4O7. The van der Waals surface area contributed by atoms with Crippen molar-refractivity contribution in [2.75, 3.05) is 4.90 Å². The number of rotatable bonds is 9. The maximum absolute atomic E-state index is 13.4. The second kappa shape index (κ2) is 13.8. The van der Waals surface area contributed by atoms with Gasteiger partial charge in [-0.3, -0.25) is 9.59 Å². The highest BCUT2D eigenvalue weighted by Gasteiger charge is 2.41. The van der Waals surface area contributed by atoms with Gasteiger partial charge in [0.15, 0.2) is 6.29 Å². The number of benzene rings is 4. The van der Waals surface area contributed by atoms with Crippen molar-refractivity contribution in [3.8, 4) is 0 Å². The number of aromatic nitrogens is 2. The van der Waals surface area contributed by atoms with Crippen molar-refractivity contribution in [2.45, 2.75) is 57.1 Å². The van der Waals surface area contributed by atoms with Crippen LogP contribution < -0.4 is 10.2 Å². The fourth-order valence-electron chi connectivity index (χ4n) is 6.14. The standard InChI is InChI=1S/C37H34N4O7/c42-21-24-13-15-26(16-14-24)33-18-29(20-40-23-38-30-11-4-5-12-32(30)40)47-36(48-33)27-9-6-10-28(17-27)41-34(43)19-31(35(41)44)39-37(45)46-22-25-7-2-1-3-8-25/h1-17,23,29,31,33,36,42H,18-22H2,(H,39,45)/t29-,31?,33+,36+/m1/s1. The summed E-state index contributed by atoms with van der Waals surface area (Å²) in [6.45, 7) is 0.515. The Labute approximate surface area is 276 Å². The molecule has 2 saturated heterocycles. The number of aliphatic hydroxyl groups excluding tert-OH is 1. The third kappa shape index (κ3) is 6.70. The molecule has 11 nitrogen and oxygen atoms in total. The van der Waals surface area contributed by atoms with Gasteiger partial charge in [-0.25, -0.2) is 14.7 Å².